The smallest absolute Gasteiger partial charge is 0.303 e. The molecule has 0 saturated carbocycles. The molecule has 0 N–H and O–H groups in total. The molecule has 1 heterocycles. The number of esters is 1. The van der Waals surface area contributed by atoms with E-state index in [0.717, 1.165) is 0 Å². The molecule has 3 atom stereocenters. The molecule has 4 heteroatoms. The van der Waals surface area contributed by atoms with Crippen LogP contribution in [0.3, 0.4) is 0 Å². The van der Waals surface area contributed by atoms with E-state index in [1.54, 1.807) is 6.92 Å². The minimum atomic E-state index is -1.28. The van der Waals surface area contributed by atoms with E-state index in [4.69, 9.17) is 9.47 Å². The number of hydrogen-bond donors (Lipinski definition) is 0. The Morgan fingerprint density at radius 2 is 2.33 bits per heavy atom. The first-order valence-electron chi connectivity index (χ1n) is 3.74. The van der Waals surface area contributed by atoms with Gasteiger partial charge in [-0.05, 0) is 13.0 Å². The summed E-state index contributed by atoms with van der Waals surface area (Å²) in [6.45, 7) is 2.84. The molecular formula is C8H11FO3. The Morgan fingerprint density at radius 1 is 1.67 bits per heavy atom. The monoisotopic (exact) mass is 174 g/mol. The van der Waals surface area contributed by atoms with Gasteiger partial charge >= 0.3 is 5.97 Å². The molecule has 0 amide bonds. The SMILES string of the molecule is CC(=O)O[C@H]1C=CO[C@@H](C)[C@H]1F. The number of carbonyl (C=O) groups is 1. The minimum Gasteiger partial charge on any atom is -0.495 e. The van der Waals surface area contributed by atoms with Gasteiger partial charge < -0.3 is 9.47 Å². The number of alkyl halides is 1. The van der Waals surface area contributed by atoms with E-state index in [-0.39, 0.29) is 0 Å². The standard InChI is InChI=1S/C8H11FO3/c1-5-8(9)7(3-4-11-5)12-6(2)10/h3-5,7-8H,1-2H3/t5-,7-,8+/m0/s1. The molecule has 3 nitrogen and oxygen atoms in total. The molecule has 12 heavy (non-hydrogen) atoms. The minimum absolute atomic E-state index is 0.485. The lowest BCUT2D eigenvalue weighted by molar-refractivity contribution is -0.150. The van der Waals surface area contributed by atoms with E-state index in [2.05, 4.69) is 0 Å². The molecule has 0 aromatic rings. The van der Waals surface area contributed by atoms with Gasteiger partial charge in [-0.25, -0.2) is 4.39 Å². The van der Waals surface area contributed by atoms with Crippen molar-refractivity contribution in [1.82, 2.24) is 0 Å². The first-order valence-corrected chi connectivity index (χ1v) is 3.74. The van der Waals surface area contributed by atoms with Gasteiger partial charge in [-0.2, -0.15) is 0 Å². The fourth-order valence-corrected chi connectivity index (χ4v) is 0.991. The van der Waals surface area contributed by atoms with Gasteiger partial charge in [0.05, 0.1) is 6.26 Å². The highest BCUT2D eigenvalue weighted by atomic mass is 19.1. The van der Waals surface area contributed by atoms with Crippen LogP contribution in [0.2, 0.25) is 0 Å². The topological polar surface area (TPSA) is 35.5 Å². The lowest BCUT2D eigenvalue weighted by Crippen LogP contribution is -2.37. The number of rotatable bonds is 1. The summed E-state index contributed by atoms with van der Waals surface area (Å²) in [7, 11) is 0. The average Bonchev–Trinajstić information content (AvgIpc) is 1.98. The van der Waals surface area contributed by atoms with Crippen molar-refractivity contribution in [2.75, 3.05) is 0 Å². The highest BCUT2D eigenvalue weighted by Crippen LogP contribution is 2.17. The first-order chi connectivity index (χ1) is 5.61. The number of ether oxygens (including phenoxy) is 2. The van der Waals surface area contributed by atoms with Crippen molar-refractivity contribution in [3.05, 3.63) is 12.3 Å². The predicted molar refractivity (Wildman–Crippen MR) is 40.1 cm³/mol. The van der Waals surface area contributed by atoms with E-state index in [9.17, 15) is 9.18 Å². The Labute approximate surface area is 70.2 Å². The molecule has 0 fully saturated rings. The van der Waals surface area contributed by atoms with E-state index in [1.807, 2.05) is 0 Å². The fourth-order valence-electron chi connectivity index (χ4n) is 0.991. The third-order valence-electron chi connectivity index (χ3n) is 1.63. The molecule has 0 aromatic heterocycles. The summed E-state index contributed by atoms with van der Waals surface area (Å²) in [5.41, 5.74) is 0. The van der Waals surface area contributed by atoms with Crippen LogP contribution in [0.4, 0.5) is 4.39 Å². The van der Waals surface area contributed by atoms with Gasteiger partial charge in [0.25, 0.3) is 0 Å². The molecule has 0 aromatic carbocycles. The third-order valence-corrected chi connectivity index (χ3v) is 1.63. The number of hydrogen-bond acceptors (Lipinski definition) is 3. The van der Waals surface area contributed by atoms with Crippen LogP contribution >= 0.6 is 0 Å². The summed E-state index contributed by atoms with van der Waals surface area (Å²) in [5.74, 6) is -0.485. The van der Waals surface area contributed by atoms with Crippen LogP contribution in [-0.2, 0) is 14.3 Å². The van der Waals surface area contributed by atoms with Crippen LogP contribution in [0.15, 0.2) is 12.3 Å². The maximum absolute atomic E-state index is 13.1. The lowest BCUT2D eigenvalue weighted by atomic mass is 10.1. The molecule has 0 radical (unpaired) electrons. The van der Waals surface area contributed by atoms with E-state index in [1.165, 1.54) is 19.3 Å². The number of carbonyl (C=O) groups excluding carboxylic acids is 1. The summed E-state index contributed by atoms with van der Waals surface area (Å²) >= 11 is 0. The van der Waals surface area contributed by atoms with E-state index >= 15 is 0 Å². The summed E-state index contributed by atoms with van der Waals surface area (Å²) in [5, 5.41) is 0. The van der Waals surface area contributed by atoms with Crippen molar-refractivity contribution in [2.24, 2.45) is 0 Å². The Bertz CT molecular complexity index is 202. The summed E-state index contributed by atoms with van der Waals surface area (Å²) in [4.78, 5) is 10.5. The molecule has 0 spiro atoms. The Kier molecular flexibility index (Phi) is 2.68. The van der Waals surface area contributed by atoms with Crippen LogP contribution in [0.5, 0.6) is 0 Å². The number of halogens is 1. The highest BCUT2D eigenvalue weighted by molar-refractivity contribution is 5.66. The largest absolute Gasteiger partial charge is 0.495 e. The zero-order valence-corrected chi connectivity index (χ0v) is 6.99. The van der Waals surface area contributed by atoms with Crippen molar-refractivity contribution >= 4 is 5.97 Å². The summed E-state index contributed by atoms with van der Waals surface area (Å²) in [6.07, 6.45) is 0.116. The van der Waals surface area contributed by atoms with Crippen LogP contribution in [0.1, 0.15) is 13.8 Å². The second kappa shape index (κ2) is 3.56. The average molecular weight is 174 g/mol. The van der Waals surface area contributed by atoms with Gasteiger partial charge in [0.2, 0.25) is 0 Å². The Hall–Kier alpha value is -1.06. The zero-order chi connectivity index (χ0) is 9.14. The van der Waals surface area contributed by atoms with Crippen molar-refractivity contribution in [2.45, 2.75) is 32.2 Å². The summed E-state index contributed by atoms with van der Waals surface area (Å²) < 4.78 is 22.7. The Balaban J connectivity index is 2.57. The molecule has 0 saturated heterocycles. The lowest BCUT2D eigenvalue weighted by Gasteiger charge is -2.26. The van der Waals surface area contributed by atoms with Gasteiger partial charge in [-0.1, -0.05) is 0 Å². The second-order valence-electron chi connectivity index (χ2n) is 2.69. The molecule has 1 rings (SSSR count). The fraction of sp³-hybridized carbons (Fsp3) is 0.625. The zero-order valence-electron chi connectivity index (χ0n) is 6.99. The maximum Gasteiger partial charge on any atom is 0.303 e. The van der Waals surface area contributed by atoms with E-state index < -0.39 is 24.3 Å². The molecule has 0 aliphatic carbocycles. The predicted octanol–water partition coefficient (Wildman–Crippen LogP) is 1.19. The molecule has 0 unspecified atom stereocenters. The van der Waals surface area contributed by atoms with Crippen LogP contribution in [-0.4, -0.2) is 24.3 Å². The summed E-state index contributed by atoms with van der Waals surface area (Å²) in [6, 6.07) is 0. The molecule has 1 aliphatic heterocycles. The van der Waals surface area contributed by atoms with Gasteiger partial charge in [0.15, 0.2) is 12.3 Å². The van der Waals surface area contributed by atoms with Crippen LogP contribution in [0, 0.1) is 0 Å². The third kappa shape index (κ3) is 1.96. The van der Waals surface area contributed by atoms with Gasteiger partial charge in [0.1, 0.15) is 6.10 Å². The molecule has 1 aliphatic rings. The molecule has 68 valence electrons. The van der Waals surface area contributed by atoms with Gasteiger partial charge in [-0.15, -0.1) is 0 Å². The molecule has 0 bridgehead atoms. The van der Waals surface area contributed by atoms with Crippen molar-refractivity contribution in [3.63, 3.8) is 0 Å². The van der Waals surface area contributed by atoms with Gasteiger partial charge in [0, 0.05) is 6.92 Å². The quantitative estimate of drug-likeness (QED) is 0.560. The normalized spacial score (nSPS) is 34.1. The van der Waals surface area contributed by atoms with Crippen molar-refractivity contribution in [1.29, 1.82) is 0 Å². The maximum atomic E-state index is 13.1. The van der Waals surface area contributed by atoms with Crippen LogP contribution < -0.4 is 0 Å². The molecular weight excluding hydrogens is 163 g/mol. The van der Waals surface area contributed by atoms with E-state index in [0.29, 0.717) is 0 Å². The van der Waals surface area contributed by atoms with Crippen molar-refractivity contribution in [3.8, 4) is 0 Å². The highest BCUT2D eigenvalue weighted by Gasteiger charge is 2.30. The second-order valence-corrected chi connectivity index (χ2v) is 2.69. The van der Waals surface area contributed by atoms with Gasteiger partial charge in [-0.3, -0.25) is 4.79 Å². The van der Waals surface area contributed by atoms with Crippen molar-refractivity contribution < 1.29 is 18.7 Å². The van der Waals surface area contributed by atoms with Crippen LogP contribution in [0.25, 0.3) is 0 Å². The Morgan fingerprint density at radius 3 is 2.92 bits per heavy atom. The first kappa shape index (κ1) is 9.03.